The molecule has 3 nitrogen and oxygen atoms in total. The Morgan fingerprint density at radius 3 is 2.72 bits per heavy atom. The van der Waals surface area contributed by atoms with Crippen molar-refractivity contribution in [3.8, 4) is 21.7 Å². The van der Waals surface area contributed by atoms with E-state index in [1.807, 2.05) is 11.8 Å². The van der Waals surface area contributed by atoms with E-state index in [1.165, 1.54) is 38.4 Å². The average Bonchev–Trinajstić information content (AvgIpc) is 3.40. The molecule has 0 bridgehead atoms. The average molecular weight is 441 g/mol. The first-order valence-electron chi connectivity index (χ1n) is 9.74. The summed E-state index contributed by atoms with van der Waals surface area (Å²) in [5.74, 6) is 1.11. The maximum Gasteiger partial charge on any atom is 0.127 e. The molecule has 0 fully saturated rings. The first-order valence-corrected chi connectivity index (χ1v) is 12.4. The molecule has 0 aliphatic rings. The van der Waals surface area contributed by atoms with E-state index < -0.39 is 0 Å². The third-order valence-electron chi connectivity index (χ3n) is 4.61. The first-order chi connectivity index (χ1) is 14.3. The molecule has 0 unspecified atom stereocenters. The van der Waals surface area contributed by atoms with E-state index in [-0.39, 0.29) is 0 Å². The molecule has 29 heavy (non-hydrogen) atoms. The van der Waals surface area contributed by atoms with E-state index in [0.29, 0.717) is 6.73 Å². The van der Waals surface area contributed by atoms with E-state index in [4.69, 9.17) is 9.72 Å². The van der Waals surface area contributed by atoms with Crippen molar-refractivity contribution in [3.63, 3.8) is 0 Å². The number of hydrogen-bond acceptors (Lipinski definition) is 6. The number of unbranched alkanes of at least 4 members (excludes halogenated alkanes) is 1. The van der Waals surface area contributed by atoms with Crippen LogP contribution < -0.4 is 5.32 Å². The minimum absolute atomic E-state index is 0.480. The minimum Gasteiger partial charge on any atom is -0.365 e. The van der Waals surface area contributed by atoms with Crippen molar-refractivity contribution in [2.24, 2.45) is 0 Å². The molecule has 4 rings (SSSR count). The standard InChI is InChI=1S/C23H24N2OS3/c1-3-4-12-28-23-21(24-15-26-2)20-17(16-9-6-5-7-10-16)14-18(25-22(20)29-23)19-11-8-13-27-19/h5-11,13-14,24H,3-4,12,15H2,1-2H3. The SMILES string of the molecule is CCCCSc1sc2nc(-c3cccs3)cc(-c3ccccc3)c2c1NCOC. The smallest absolute Gasteiger partial charge is 0.127 e. The fourth-order valence-electron chi connectivity index (χ4n) is 3.19. The van der Waals surface area contributed by atoms with Crippen LogP contribution in [0.15, 0.2) is 58.1 Å². The number of ether oxygens (including phenoxy) is 1. The lowest BCUT2D eigenvalue weighted by molar-refractivity contribution is 0.221. The Bertz CT molecular complexity index is 1060. The summed E-state index contributed by atoms with van der Waals surface area (Å²) in [7, 11) is 1.72. The van der Waals surface area contributed by atoms with Crippen LogP contribution in [0, 0.1) is 0 Å². The number of rotatable bonds is 9. The van der Waals surface area contributed by atoms with Gasteiger partial charge in [-0.15, -0.1) is 34.4 Å². The molecular weight excluding hydrogens is 416 g/mol. The van der Waals surface area contributed by atoms with Gasteiger partial charge < -0.3 is 10.1 Å². The zero-order valence-corrected chi connectivity index (χ0v) is 19.1. The molecule has 0 aliphatic heterocycles. The number of anilines is 1. The van der Waals surface area contributed by atoms with E-state index >= 15 is 0 Å². The second-order valence-corrected chi connectivity index (χ2v) is 9.97. The van der Waals surface area contributed by atoms with Crippen LogP contribution in [0.1, 0.15) is 19.8 Å². The normalized spacial score (nSPS) is 11.2. The Hall–Kier alpha value is -1.86. The van der Waals surface area contributed by atoms with Crippen LogP contribution in [0.25, 0.3) is 31.9 Å². The Kier molecular flexibility index (Phi) is 6.87. The van der Waals surface area contributed by atoms with Gasteiger partial charge in [-0.25, -0.2) is 4.98 Å². The summed E-state index contributed by atoms with van der Waals surface area (Å²) < 4.78 is 6.63. The number of nitrogens with zero attached hydrogens (tertiary/aromatic N) is 1. The molecule has 0 saturated heterocycles. The van der Waals surface area contributed by atoms with E-state index in [0.717, 1.165) is 22.0 Å². The topological polar surface area (TPSA) is 34.2 Å². The van der Waals surface area contributed by atoms with Gasteiger partial charge >= 0.3 is 0 Å². The molecule has 0 saturated carbocycles. The summed E-state index contributed by atoms with van der Waals surface area (Å²) in [6, 6.07) is 17.1. The summed E-state index contributed by atoms with van der Waals surface area (Å²) in [4.78, 5) is 7.33. The van der Waals surface area contributed by atoms with Crippen molar-refractivity contribution < 1.29 is 4.74 Å². The lowest BCUT2D eigenvalue weighted by atomic mass is 10.0. The lowest BCUT2D eigenvalue weighted by Gasteiger charge is -2.11. The van der Waals surface area contributed by atoms with Gasteiger partial charge in [0.25, 0.3) is 0 Å². The van der Waals surface area contributed by atoms with Gasteiger partial charge in [-0.05, 0) is 40.8 Å². The van der Waals surface area contributed by atoms with Crippen LogP contribution in [0.2, 0.25) is 0 Å². The largest absolute Gasteiger partial charge is 0.365 e. The Morgan fingerprint density at radius 1 is 1.14 bits per heavy atom. The van der Waals surface area contributed by atoms with Crippen molar-refractivity contribution in [2.45, 2.75) is 24.0 Å². The number of methoxy groups -OCH3 is 1. The molecule has 3 aromatic heterocycles. The number of nitrogens with one attached hydrogen (secondary N) is 1. The second kappa shape index (κ2) is 9.76. The number of thioether (sulfide) groups is 1. The van der Waals surface area contributed by atoms with Crippen molar-refractivity contribution >= 4 is 50.3 Å². The van der Waals surface area contributed by atoms with Crippen LogP contribution in [0.4, 0.5) is 5.69 Å². The van der Waals surface area contributed by atoms with Gasteiger partial charge in [0.2, 0.25) is 0 Å². The third kappa shape index (κ3) is 4.51. The predicted octanol–water partition coefficient (Wildman–Crippen LogP) is 7.60. The predicted molar refractivity (Wildman–Crippen MR) is 129 cm³/mol. The molecule has 3 heterocycles. The quantitative estimate of drug-likeness (QED) is 0.165. The highest BCUT2D eigenvalue weighted by atomic mass is 32.2. The minimum atomic E-state index is 0.480. The van der Waals surface area contributed by atoms with Crippen LogP contribution in [-0.2, 0) is 4.74 Å². The maximum absolute atomic E-state index is 5.34. The van der Waals surface area contributed by atoms with Crippen molar-refractivity contribution in [1.82, 2.24) is 4.98 Å². The molecular formula is C23H24N2OS3. The first kappa shape index (κ1) is 20.4. The van der Waals surface area contributed by atoms with Crippen molar-refractivity contribution in [2.75, 3.05) is 24.9 Å². The number of hydrogen-bond donors (Lipinski definition) is 1. The molecule has 0 radical (unpaired) electrons. The van der Waals surface area contributed by atoms with Crippen LogP contribution in [0.3, 0.4) is 0 Å². The summed E-state index contributed by atoms with van der Waals surface area (Å²) in [6.07, 6.45) is 2.41. The van der Waals surface area contributed by atoms with E-state index in [9.17, 15) is 0 Å². The second-order valence-electron chi connectivity index (χ2n) is 6.65. The van der Waals surface area contributed by atoms with Crippen LogP contribution >= 0.6 is 34.4 Å². The molecule has 1 N–H and O–H groups in total. The maximum atomic E-state index is 5.34. The third-order valence-corrected chi connectivity index (χ3v) is 7.95. The highest BCUT2D eigenvalue weighted by molar-refractivity contribution is 8.01. The molecule has 0 atom stereocenters. The van der Waals surface area contributed by atoms with Crippen LogP contribution in [-0.4, -0.2) is 24.6 Å². The molecule has 4 aromatic rings. The van der Waals surface area contributed by atoms with Gasteiger partial charge in [-0.2, -0.15) is 0 Å². The Labute approximate surface area is 184 Å². The van der Waals surface area contributed by atoms with Gasteiger partial charge in [0.05, 0.1) is 20.5 Å². The molecule has 0 aliphatic carbocycles. The zero-order chi connectivity index (χ0) is 20.1. The Morgan fingerprint density at radius 2 is 2.00 bits per heavy atom. The highest BCUT2D eigenvalue weighted by Gasteiger charge is 2.20. The number of pyridine rings is 1. The van der Waals surface area contributed by atoms with Crippen LogP contribution in [0.5, 0.6) is 0 Å². The fourth-order valence-corrected chi connectivity index (χ4v) is 6.45. The lowest BCUT2D eigenvalue weighted by Crippen LogP contribution is -2.03. The van der Waals surface area contributed by atoms with Gasteiger partial charge in [-0.3, -0.25) is 0 Å². The van der Waals surface area contributed by atoms with Crippen molar-refractivity contribution in [1.29, 1.82) is 0 Å². The van der Waals surface area contributed by atoms with Gasteiger partial charge in [0.15, 0.2) is 0 Å². The van der Waals surface area contributed by atoms with Gasteiger partial charge in [-0.1, -0.05) is 49.7 Å². The molecule has 0 amide bonds. The summed E-state index contributed by atoms with van der Waals surface area (Å²) >= 11 is 5.43. The zero-order valence-electron chi connectivity index (χ0n) is 16.6. The van der Waals surface area contributed by atoms with Gasteiger partial charge in [0.1, 0.15) is 11.6 Å². The molecule has 150 valence electrons. The number of aromatic nitrogens is 1. The van der Waals surface area contributed by atoms with Crippen molar-refractivity contribution in [3.05, 3.63) is 53.9 Å². The summed E-state index contributed by atoms with van der Waals surface area (Å²) in [5.41, 5.74) is 4.62. The Balaban J connectivity index is 1.92. The van der Waals surface area contributed by atoms with Gasteiger partial charge in [0, 0.05) is 12.5 Å². The fraction of sp³-hybridized carbons (Fsp3) is 0.261. The van der Waals surface area contributed by atoms with E-state index in [2.05, 4.69) is 66.2 Å². The summed E-state index contributed by atoms with van der Waals surface area (Å²) in [6.45, 7) is 2.71. The highest BCUT2D eigenvalue weighted by Crippen LogP contribution is 2.47. The van der Waals surface area contributed by atoms with E-state index in [1.54, 1.807) is 29.8 Å². The summed E-state index contributed by atoms with van der Waals surface area (Å²) in [5, 5.41) is 6.81. The number of thiophene rings is 2. The monoisotopic (exact) mass is 440 g/mol. The molecule has 0 spiro atoms. The number of benzene rings is 1. The molecule has 1 aromatic carbocycles. The number of fused-ring (bicyclic) bond motifs is 1. The molecule has 6 heteroatoms.